The van der Waals surface area contributed by atoms with Gasteiger partial charge in [-0.05, 0) is 13.3 Å². The molecule has 18 heavy (non-hydrogen) atoms. The van der Waals surface area contributed by atoms with Crippen LogP contribution in [0.25, 0.3) is 0 Å². The molecule has 100 valence electrons. The van der Waals surface area contributed by atoms with Crippen molar-refractivity contribution in [3.05, 3.63) is 12.2 Å². The highest BCUT2D eigenvalue weighted by Gasteiger charge is 2.32. The molecule has 2 amide bonds. The predicted molar refractivity (Wildman–Crippen MR) is 60.9 cm³/mol. The summed E-state index contributed by atoms with van der Waals surface area (Å²) in [7, 11) is 0. The first-order valence-corrected chi connectivity index (χ1v) is 5.53. The number of hydrogen-bond acceptors (Lipinski definition) is 5. The van der Waals surface area contributed by atoms with Gasteiger partial charge < -0.3 is 20.3 Å². The lowest BCUT2D eigenvalue weighted by Crippen LogP contribution is -2.55. The van der Waals surface area contributed by atoms with E-state index in [0.717, 1.165) is 0 Å². The van der Waals surface area contributed by atoms with Gasteiger partial charge in [-0.2, -0.15) is 4.98 Å². The number of amides is 2. The summed E-state index contributed by atoms with van der Waals surface area (Å²) in [4.78, 5) is 26.3. The van der Waals surface area contributed by atoms with Crippen LogP contribution in [0.5, 0.6) is 0 Å². The number of rotatable bonds is 6. The molecule has 0 saturated carbocycles. The molecule has 1 aromatic heterocycles. The molecule has 0 saturated heterocycles. The van der Waals surface area contributed by atoms with Crippen LogP contribution in [0, 0.1) is 0 Å². The highest BCUT2D eigenvalue weighted by atomic mass is 16.5. The minimum Gasteiger partial charge on any atom is -0.480 e. The number of hydrogen-bond donors (Lipinski definition) is 3. The minimum absolute atomic E-state index is 0.285. The third-order valence-corrected chi connectivity index (χ3v) is 2.60. The summed E-state index contributed by atoms with van der Waals surface area (Å²) in [5, 5.41) is 17.3. The summed E-state index contributed by atoms with van der Waals surface area (Å²) in [6.45, 7) is 3.42. The molecule has 0 aliphatic carbocycles. The van der Waals surface area contributed by atoms with E-state index in [1.54, 1.807) is 6.92 Å². The average Bonchev–Trinajstić information content (AvgIpc) is 2.81. The third kappa shape index (κ3) is 3.72. The Balaban J connectivity index is 2.35. The summed E-state index contributed by atoms with van der Waals surface area (Å²) < 4.78 is 4.75. The molecule has 1 unspecified atom stereocenters. The number of carbonyl (C=O) groups is 2. The lowest BCUT2D eigenvalue weighted by molar-refractivity contribution is -0.143. The van der Waals surface area contributed by atoms with Crippen LogP contribution < -0.4 is 10.6 Å². The van der Waals surface area contributed by atoms with Crippen molar-refractivity contribution < 1.29 is 19.2 Å². The van der Waals surface area contributed by atoms with Gasteiger partial charge in [0.05, 0.1) is 0 Å². The molecule has 0 bridgehead atoms. The highest BCUT2D eigenvalue weighted by molar-refractivity contribution is 5.85. The molecule has 0 spiro atoms. The molecule has 0 radical (unpaired) electrons. The van der Waals surface area contributed by atoms with Crippen LogP contribution in [-0.2, 0) is 11.2 Å². The lowest BCUT2D eigenvalue weighted by Gasteiger charge is -2.24. The SMILES string of the molecule is CCC(C)(NC(=O)NCCc1ncno1)C(=O)O. The van der Waals surface area contributed by atoms with E-state index in [0.29, 0.717) is 18.7 Å². The van der Waals surface area contributed by atoms with Crippen molar-refractivity contribution in [1.82, 2.24) is 20.8 Å². The molecule has 8 heteroatoms. The van der Waals surface area contributed by atoms with Gasteiger partial charge in [-0.1, -0.05) is 12.1 Å². The number of carboxylic acids is 1. The minimum atomic E-state index is -1.27. The topological polar surface area (TPSA) is 117 Å². The van der Waals surface area contributed by atoms with Gasteiger partial charge in [0, 0.05) is 13.0 Å². The first-order chi connectivity index (χ1) is 8.48. The fraction of sp³-hybridized carbons (Fsp3) is 0.600. The molecule has 1 rings (SSSR count). The molecule has 1 aromatic rings. The highest BCUT2D eigenvalue weighted by Crippen LogP contribution is 2.08. The van der Waals surface area contributed by atoms with Crippen LogP contribution in [0.1, 0.15) is 26.2 Å². The number of urea groups is 1. The molecule has 8 nitrogen and oxygen atoms in total. The second-order valence-corrected chi connectivity index (χ2v) is 3.96. The smallest absolute Gasteiger partial charge is 0.329 e. The van der Waals surface area contributed by atoms with Gasteiger partial charge in [-0.25, -0.2) is 9.59 Å². The quantitative estimate of drug-likeness (QED) is 0.667. The monoisotopic (exact) mass is 256 g/mol. The molecule has 1 heterocycles. The number of nitrogens with one attached hydrogen (secondary N) is 2. The number of carbonyl (C=O) groups excluding carboxylic acids is 1. The van der Waals surface area contributed by atoms with E-state index in [1.807, 2.05) is 0 Å². The maximum Gasteiger partial charge on any atom is 0.329 e. The van der Waals surface area contributed by atoms with Gasteiger partial charge in [0.15, 0.2) is 6.33 Å². The Kier molecular flexibility index (Phi) is 4.64. The second-order valence-electron chi connectivity index (χ2n) is 3.96. The Morgan fingerprint density at radius 3 is 2.78 bits per heavy atom. The fourth-order valence-electron chi connectivity index (χ4n) is 1.18. The van der Waals surface area contributed by atoms with Gasteiger partial charge in [0.25, 0.3) is 0 Å². The van der Waals surface area contributed by atoms with Crippen molar-refractivity contribution in [1.29, 1.82) is 0 Å². The Bertz CT molecular complexity index is 406. The van der Waals surface area contributed by atoms with Crippen LogP contribution in [0.4, 0.5) is 4.79 Å². The van der Waals surface area contributed by atoms with E-state index >= 15 is 0 Å². The van der Waals surface area contributed by atoms with E-state index in [4.69, 9.17) is 9.63 Å². The zero-order chi connectivity index (χ0) is 13.6. The summed E-state index contributed by atoms with van der Waals surface area (Å²) >= 11 is 0. The van der Waals surface area contributed by atoms with Crippen molar-refractivity contribution >= 4 is 12.0 Å². The van der Waals surface area contributed by atoms with Crippen LogP contribution in [0.15, 0.2) is 10.9 Å². The first-order valence-electron chi connectivity index (χ1n) is 5.53. The van der Waals surface area contributed by atoms with Crippen molar-refractivity contribution in [3.63, 3.8) is 0 Å². The maximum absolute atomic E-state index is 11.5. The van der Waals surface area contributed by atoms with E-state index < -0.39 is 17.5 Å². The molecule has 0 aliphatic rings. The van der Waals surface area contributed by atoms with Crippen molar-refractivity contribution in [3.8, 4) is 0 Å². The summed E-state index contributed by atoms with van der Waals surface area (Å²) in [6.07, 6.45) is 1.96. The van der Waals surface area contributed by atoms with Crippen molar-refractivity contribution in [2.24, 2.45) is 0 Å². The summed E-state index contributed by atoms with van der Waals surface area (Å²) in [6, 6.07) is -0.540. The van der Waals surface area contributed by atoms with Crippen LogP contribution in [-0.4, -0.2) is 39.3 Å². The normalized spacial score (nSPS) is 13.7. The maximum atomic E-state index is 11.5. The zero-order valence-corrected chi connectivity index (χ0v) is 10.3. The molecule has 3 N–H and O–H groups in total. The zero-order valence-electron chi connectivity index (χ0n) is 10.3. The van der Waals surface area contributed by atoms with Gasteiger partial charge in [-0.3, -0.25) is 0 Å². The molecular formula is C10H16N4O4. The standard InChI is InChI=1S/C10H16N4O4/c1-3-10(2,8(15)16)14-9(17)11-5-4-7-12-6-13-18-7/h6H,3-5H2,1-2H3,(H,15,16)(H2,11,14,17). The van der Waals surface area contributed by atoms with E-state index in [2.05, 4.69) is 20.8 Å². The van der Waals surface area contributed by atoms with E-state index in [-0.39, 0.29) is 6.54 Å². The molecule has 0 fully saturated rings. The Morgan fingerprint density at radius 1 is 1.56 bits per heavy atom. The van der Waals surface area contributed by atoms with Crippen molar-refractivity contribution in [2.75, 3.05) is 6.54 Å². The van der Waals surface area contributed by atoms with Gasteiger partial charge in [0.2, 0.25) is 5.89 Å². The van der Waals surface area contributed by atoms with Gasteiger partial charge >= 0.3 is 12.0 Å². The second kappa shape index (κ2) is 5.99. The summed E-state index contributed by atoms with van der Waals surface area (Å²) in [5.41, 5.74) is -1.27. The molecular weight excluding hydrogens is 240 g/mol. The Labute approximate surface area is 104 Å². The van der Waals surface area contributed by atoms with Crippen molar-refractivity contribution in [2.45, 2.75) is 32.2 Å². The number of aromatic nitrogens is 2. The fourth-order valence-corrected chi connectivity index (χ4v) is 1.18. The number of nitrogens with zero attached hydrogens (tertiary/aromatic N) is 2. The van der Waals surface area contributed by atoms with Crippen LogP contribution >= 0.6 is 0 Å². The Morgan fingerprint density at radius 2 is 2.28 bits per heavy atom. The van der Waals surface area contributed by atoms with E-state index in [9.17, 15) is 9.59 Å². The van der Waals surface area contributed by atoms with E-state index in [1.165, 1.54) is 13.3 Å². The molecule has 0 aromatic carbocycles. The number of carboxylic acid groups (broad SMARTS) is 1. The lowest BCUT2D eigenvalue weighted by atomic mass is 10.00. The Hall–Kier alpha value is -2.12. The third-order valence-electron chi connectivity index (χ3n) is 2.60. The molecule has 1 atom stereocenters. The largest absolute Gasteiger partial charge is 0.480 e. The van der Waals surface area contributed by atoms with Crippen LogP contribution in [0.2, 0.25) is 0 Å². The number of aliphatic carboxylic acids is 1. The van der Waals surface area contributed by atoms with Gasteiger partial charge in [0.1, 0.15) is 5.54 Å². The predicted octanol–water partition coefficient (Wildman–Crippen LogP) is 0.165. The average molecular weight is 256 g/mol. The summed E-state index contributed by atoms with van der Waals surface area (Å²) in [5.74, 6) is -0.663. The first kappa shape index (κ1) is 13.9. The molecule has 0 aliphatic heterocycles. The van der Waals surface area contributed by atoms with Crippen LogP contribution in [0.3, 0.4) is 0 Å². The van der Waals surface area contributed by atoms with Gasteiger partial charge in [-0.15, -0.1) is 0 Å².